The molecule has 3 N–H and O–H groups in total. The summed E-state index contributed by atoms with van der Waals surface area (Å²) < 4.78 is 3.38. The summed E-state index contributed by atoms with van der Waals surface area (Å²) in [5.41, 5.74) is 5.31. The van der Waals surface area contributed by atoms with Crippen LogP contribution in [0.2, 0.25) is 0 Å². The van der Waals surface area contributed by atoms with Gasteiger partial charge in [0.25, 0.3) is 0 Å². The molecule has 0 radical (unpaired) electrons. The van der Waals surface area contributed by atoms with Gasteiger partial charge in [-0.25, -0.2) is 0 Å². The molecule has 0 heterocycles. The summed E-state index contributed by atoms with van der Waals surface area (Å²) in [6, 6.07) is 14.6. The fourth-order valence-electron chi connectivity index (χ4n) is 1.92. The van der Waals surface area contributed by atoms with E-state index in [0.29, 0.717) is 0 Å². The number of benzene rings is 2. The Kier molecular flexibility index (Phi) is 5.83. The molecular formula is C14H13Br2IN2. The van der Waals surface area contributed by atoms with Gasteiger partial charge in [-0.05, 0) is 64.4 Å². The number of hydrogen-bond acceptors (Lipinski definition) is 2. The average Bonchev–Trinajstić information content (AvgIpc) is 2.41. The molecule has 2 aromatic carbocycles. The van der Waals surface area contributed by atoms with Crippen LogP contribution < -0.4 is 11.3 Å². The molecule has 0 aliphatic rings. The highest BCUT2D eigenvalue weighted by molar-refractivity contribution is 14.1. The monoisotopic (exact) mass is 494 g/mol. The standard InChI is InChI=1S/C14H13Br2IN2/c15-12-4-2-1-3-9(12)7-14(19-18)11-8-10(17)5-6-13(11)16/h1-6,8,14,19H,7,18H2. The normalized spacial score (nSPS) is 12.4. The predicted octanol–water partition coefficient (Wildman–Crippen LogP) is 4.56. The first-order chi connectivity index (χ1) is 9.11. The van der Waals surface area contributed by atoms with Gasteiger partial charge in [0.2, 0.25) is 0 Å². The summed E-state index contributed by atoms with van der Waals surface area (Å²) in [5.74, 6) is 5.73. The van der Waals surface area contributed by atoms with Crippen molar-refractivity contribution in [1.82, 2.24) is 5.43 Å². The van der Waals surface area contributed by atoms with Crippen molar-refractivity contribution >= 4 is 54.5 Å². The molecule has 2 aromatic rings. The third kappa shape index (κ3) is 4.01. The first-order valence-electron chi connectivity index (χ1n) is 5.76. The average molecular weight is 496 g/mol. The maximum Gasteiger partial charge on any atom is 0.0512 e. The fourth-order valence-corrected chi connectivity index (χ4v) is 3.41. The zero-order valence-corrected chi connectivity index (χ0v) is 15.4. The molecule has 1 atom stereocenters. The lowest BCUT2D eigenvalue weighted by atomic mass is 9.99. The van der Waals surface area contributed by atoms with Crippen LogP contribution in [0.25, 0.3) is 0 Å². The third-order valence-electron chi connectivity index (χ3n) is 2.92. The Hall–Kier alpha value is 0.0500. The zero-order chi connectivity index (χ0) is 13.8. The second-order valence-electron chi connectivity index (χ2n) is 4.18. The van der Waals surface area contributed by atoms with Crippen LogP contribution in [0.15, 0.2) is 51.4 Å². The van der Waals surface area contributed by atoms with Crippen LogP contribution in [-0.2, 0) is 6.42 Å². The van der Waals surface area contributed by atoms with Crippen molar-refractivity contribution in [3.63, 3.8) is 0 Å². The van der Waals surface area contributed by atoms with Crippen LogP contribution in [0.4, 0.5) is 0 Å². The van der Waals surface area contributed by atoms with Crippen LogP contribution in [0.3, 0.4) is 0 Å². The van der Waals surface area contributed by atoms with E-state index in [9.17, 15) is 0 Å². The van der Waals surface area contributed by atoms with E-state index < -0.39 is 0 Å². The van der Waals surface area contributed by atoms with E-state index in [1.807, 2.05) is 18.2 Å². The molecular weight excluding hydrogens is 483 g/mol. The molecule has 0 aromatic heterocycles. The van der Waals surface area contributed by atoms with Crippen molar-refractivity contribution in [2.75, 3.05) is 0 Å². The molecule has 5 heteroatoms. The van der Waals surface area contributed by atoms with E-state index in [1.54, 1.807) is 0 Å². The van der Waals surface area contributed by atoms with Gasteiger partial charge in [0, 0.05) is 12.5 Å². The van der Waals surface area contributed by atoms with Gasteiger partial charge in [0.1, 0.15) is 0 Å². The first-order valence-corrected chi connectivity index (χ1v) is 8.42. The Balaban J connectivity index is 2.30. The topological polar surface area (TPSA) is 38.0 Å². The summed E-state index contributed by atoms with van der Waals surface area (Å²) in [7, 11) is 0. The van der Waals surface area contributed by atoms with Crippen molar-refractivity contribution in [3.8, 4) is 0 Å². The molecule has 0 fully saturated rings. The van der Waals surface area contributed by atoms with Crippen molar-refractivity contribution in [3.05, 3.63) is 66.1 Å². The maximum atomic E-state index is 5.73. The smallest absolute Gasteiger partial charge is 0.0512 e. The molecule has 1 unspecified atom stereocenters. The Labute approximate surface area is 143 Å². The molecule has 0 bridgehead atoms. The van der Waals surface area contributed by atoms with Gasteiger partial charge in [-0.1, -0.05) is 50.1 Å². The molecule has 100 valence electrons. The highest BCUT2D eigenvalue weighted by Crippen LogP contribution is 2.29. The second-order valence-corrected chi connectivity index (χ2v) is 7.13. The number of hydrazine groups is 1. The van der Waals surface area contributed by atoms with E-state index >= 15 is 0 Å². The van der Waals surface area contributed by atoms with Crippen LogP contribution in [0, 0.1) is 3.57 Å². The molecule has 0 amide bonds. The molecule has 0 aliphatic heterocycles. The summed E-state index contributed by atoms with van der Waals surface area (Å²) in [6.07, 6.45) is 0.830. The van der Waals surface area contributed by atoms with Crippen molar-refractivity contribution in [2.45, 2.75) is 12.5 Å². The van der Waals surface area contributed by atoms with Crippen molar-refractivity contribution < 1.29 is 0 Å². The zero-order valence-electron chi connectivity index (χ0n) is 10.0. The van der Waals surface area contributed by atoms with Crippen LogP contribution in [-0.4, -0.2) is 0 Å². The van der Waals surface area contributed by atoms with Crippen molar-refractivity contribution in [1.29, 1.82) is 0 Å². The summed E-state index contributed by atoms with van der Waals surface area (Å²) in [6.45, 7) is 0. The molecule has 0 spiro atoms. The predicted molar refractivity (Wildman–Crippen MR) is 94.8 cm³/mol. The minimum absolute atomic E-state index is 0.0720. The molecule has 19 heavy (non-hydrogen) atoms. The highest BCUT2D eigenvalue weighted by atomic mass is 127. The maximum absolute atomic E-state index is 5.73. The van der Waals surface area contributed by atoms with E-state index in [1.165, 1.54) is 14.7 Å². The van der Waals surface area contributed by atoms with Crippen LogP contribution in [0.5, 0.6) is 0 Å². The molecule has 2 nitrogen and oxygen atoms in total. The lowest BCUT2D eigenvalue weighted by molar-refractivity contribution is 0.549. The number of nitrogens with one attached hydrogen (secondary N) is 1. The van der Waals surface area contributed by atoms with Crippen LogP contribution >= 0.6 is 54.5 Å². The van der Waals surface area contributed by atoms with E-state index in [0.717, 1.165) is 15.4 Å². The Morgan fingerprint density at radius 1 is 1.11 bits per heavy atom. The second kappa shape index (κ2) is 7.17. The number of rotatable bonds is 4. The van der Waals surface area contributed by atoms with Gasteiger partial charge in [0.15, 0.2) is 0 Å². The summed E-state index contributed by atoms with van der Waals surface area (Å²) in [4.78, 5) is 0. The molecule has 0 saturated heterocycles. The third-order valence-corrected chi connectivity index (χ3v) is 5.08. The lowest BCUT2D eigenvalue weighted by Gasteiger charge is -2.19. The summed E-state index contributed by atoms with van der Waals surface area (Å²) >= 11 is 9.48. The quantitative estimate of drug-likeness (QED) is 0.371. The fraction of sp³-hybridized carbons (Fsp3) is 0.143. The molecule has 0 saturated carbocycles. The number of halogens is 3. The highest BCUT2D eigenvalue weighted by Gasteiger charge is 2.15. The Morgan fingerprint density at radius 2 is 1.84 bits per heavy atom. The Morgan fingerprint density at radius 3 is 2.53 bits per heavy atom. The van der Waals surface area contributed by atoms with E-state index in [2.05, 4.69) is 84.1 Å². The molecule has 2 rings (SSSR count). The van der Waals surface area contributed by atoms with Gasteiger partial charge < -0.3 is 0 Å². The van der Waals surface area contributed by atoms with Gasteiger partial charge in [0.05, 0.1) is 6.04 Å². The van der Waals surface area contributed by atoms with E-state index in [4.69, 9.17) is 5.84 Å². The van der Waals surface area contributed by atoms with Crippen molar-refractivity contribution in [2.24, 2.45) is 5.84 Å². The van der Waals surface area contributed by atoms with Gasteiger partial charge >= 0.3 is 0 Å². The van der Waals surface area contributed by atoms with Gasteiger partial charge in [-0.3, -0.25) is 11.3 Å². The molecule has 0 aliphatic carbocycles. The number of nitrogens with two attached hydrogens (primary N) is 1. The minimum atomic E-state index is 0.0720. The Bertz CT molecular complexity index is 575. The lowest BCUT2D eigenvalue weighted by Crippen LogP contribution is -2.30. The van der Waals surface area contributed by atoms with E-state index in [-0.39, 0.29) is 6.04 Å². The minimum Gasteiger partial charge on any atom is -0.271 e. The van der Waals surface area contributed by atoms with Crippen LogP contribution in [0.1, 0.15) is 17.2 Å². The largest absolute Gasteiger partial charge is 0.271 e. The van der Waals surface area contributed by atoms with Gasteiger partial charge in [-0.2, -0.15) is 0 Å². The summed E-state index contributed by atoms with van der Waals surface area (Å²) in [5, 5.41) is 0. The number of hydrogen-bond donors (Lipinski definition) is 2. The van der Waals surface area contributed by atoms with Gasteiger partial charge in [-0.15, -0.1) is 0 Å². The SMILES string of the molecule is NNC(Cc1ccccc1Br)c1cc(I)ccc1Br. The first kappa shape index (κ1) is 15.4.